The van der Waals surface area contributed by atoms with Crippen molar-refractivity contribution in [3.05, 3.63) is 64.4 Å². The molecule has 1 atom stereocenters. The largest absolute Gasteiger partial charge is 0.481 e. The molecule has 1 aromatic heterocycles. The zero-order chi connectivity index (χ0) is 15.2. The van der Waals surface area contributed by atoms with Gasteiger partial charge in [0, 0.05) is 22.4 Å². The Hall–Kier alpha value is -2.21. The third-order valence-corrected chi connectivity index (χ3v) is 3.37. The lowest BCUT2D eigenvalue weighted by Crippen LogP contribution is -2.30. The number of pyridine rings is 1. The first-order valence-corrected chi connectivity index (χ1v) is 7.03. The molecule has 108 valence electrons. The van der Waals surface area contributed by atoms with Gasteiger partial charge in [0.1, 0.15) is 0 Å². The number of hydrogen-bond donors (Lipinski definition) is 2. The highest BCUT2D eigenvalue weighted by molar-refractivity contribution is 9.10. The smallest absolute Gasteiger partial charge is 0.305 e. The van der Waals surface area contributed by atoms with E-state index in [-0.39, 0.29) is 12.3 Å². The molecule has 1 amide bonds. The number of halogens is 1. The molecule has 2 N–H and O–H groups in total. The number of carbonyl (C=O) groups excluding carboxylic acids is 1. The summed E-state index contributed by atoms with van der Waals surface area (Å²) in [5, 5.41) is 11.8. The van der Waals surface area contributed by atoms with Crippen LogP contribution < -0.4 is 5.32 Å². The SMILES string of the molecule is O=C(O)C[C@@H](NC(=O)c1ccncc1)c1cccc(Br)c1. The van der Waals surface area contributed by atoms with Crippen LogP contribution in [-0.4, -0.2) is 22.0 Å². The summed E-state index contributed by atoms with van der Waals surface area (Å²) < 4.78 is 0.827. The van der Waals surface area contributed by atoms with Crippen LogP contribution in [0.4, 0.5) is 0 Å². The lowest BCUT2D eigenvalue weighted by Gasteiger charge is -2.17. The second-order valence-corrected chi connectivity index (χ2v) is 5.33. The number of hydrogen-bond acceptors (Lipinski definition) is 3. The van der Waals surface area contributed by atoms with Gasteiger partial charge in [-0.25, -0.2) is 0 Å². The van der Waals surface area contributed by atoms with Gasteiger partial charge in [0.25, 0.3) is 5.91 Å². The van der Waals surface area contributed by atoms with Gasteiger partial charge in [0.05, 0.1) is 12.5 Å². The number of aromatic nitrogens is 1. The number of rotatable bonds is 5. The van der Waals surface area contributed by atoms with E-state index in [4.69, 9.17) is 5.11 Å². The number of carbonyl (C=O) groups is 2. The summed E-state index contributed by atoms with van der Waals surface area (Å²) >= 11 is 3.34. The van der Waals surface area contributed by atoms with Crippen molar-refractivity contribution in [1.29, 1.82) is 0 Å². The Morgan fingerprint density at radius 2 is 1.95 bits per heavy atom. The van der Waals surface area contributed by atoms with Gasteiger partial charge >= 0.3 is 5.97 Å². The van der Waals surface area contributed by atoms with Crippen molar-refractivity contribution in [2.24, 2.45) is 0 Å². The third-order valence-electron chi connectivity index (χ3n) is 2.88. The van der Waals surface area contributed by atoms with Crippen molar-refractivity contribution < 1.29 is 14.7 Å². The molecular weight excluding hydrogens is 336 g/mol. The Labute approximate surface area is 130 Å². The standard InChI is InChI=1S/C15H13BrN2O3/c16-12-3-1-2-11(8-12)13(9-14(19)20)18-15(21)10-4-6-17-7-5-10/h1-8,13H,9H2,(H,18,21)(H,19,20)/t13-/m1/s1. The zero-order valence-electron chi connectivity index (χ0n) is 11.0. The molecule has 6 heteroatoms. The molecule has 0 unspecified atom stereocenters. The van der Waals surface area contributed by atoms with Gasteiger partial charge < -0.3 is 10.4 Å². The minimum Gasteiger partial charge on any atom is -0.481 e. The average Bonchev–Trinajstić information content (AvgIpc) is 2.47. The van der Waals surface area contributed by atoms with Crippen LogP contribution in [0.3, 0.4) is 0 Å². The van der Waals surface area contributed by atoms with E-state index in [1.54, 1.807) is 30.3 Å². The highest BCUT2D eigenvalue weighted by Crippen LogP contribution is 2.21. The van der Waals surface area contributed by atoms with Gasteiger partial charge in [-0.05, 0) is 29.8 Å². The maximum absolute atomic E-state index is 12.2. The second kappa shape index (κ2) is 6.99. The first kappa shape index (κ1) is 15.2. The zero-order valence-corrected chi connectivity index (χ0v) is 12.6. The number of carboxylic acid groups (broad SMARTS) is 1. The van der Waals surface area contributed by atoms with Crippen LogP contribution >= 0.6 is 15.9 Å². The van der Waals surface area contributed by atoms with E-state index in [2.05, 4.69) is 26.2 Å². The molecule has 2 aromatic rings. The van der Waals surface area contributed by atoms with Gasteiger partial charge in [-0.3, -0.25) is 14.6 Å². The fourth-order valence-corrected chi connectivity index (χ4v) is 2.31. The number of carboxylic acids is 1. The first-order valence-electron chi connectivity index (χ1n) is 6.24. The molecule has 0 saturated carbocycles. The fraction of sp³-hybridized carbons (Fsp3) is 0.133. The summed E-state index contributed by atoms with van der Waals surface area (Å²) in [7, 11) is 0. The van der Waals surface area contributed by atoms with Crippen LogP contribution in [0.1, 0.15) is 28.4 Å². The van der Waals surface area contributed by atoms with Crippen LogP contribution in [0.25, 0.3) is 0 Å². The molecule has 1 aromatic carbocycles. The molecular formula is C15H13BrN2O3. The third kappa shape index (κ3) is 4.39. The Kier molecular flexibility index (Phi) is 5.05. The van der Waals surface area contributed by atoms with Crippen LogP contribution in [0, 0.1) is 0 Å². The molecule has 21 heavy (non-hydrogen) atoms. The van der Waals surface area contributed by atoms with Crippen LogP contribution in [0.15, 0.2) is 53.3 Å². The maximum atomic E-state index is 12.2. The lowest BCUT2D eigenvalue weighted by atomic mass is 10.0. The molecule has 0 spiro atoms. The van der Waals surface area contributed by atoms with Crippen molar-refractivity contribution in [2.45, 2.75) is 12.5 Å². The quantitative estimate of drug-likeness (QED) is 0.870. The van der Waals surface area contributed by atoms with Gasteiger partial charge in [0.2, 0.25) is 0 Å². The highest BCUT2D eigenvalue weighted by Gasteiger charge is 2.19. The van der Waals surface area contributed by atoms with E-state index >= 15 is 0 Å². The number of nitrogens with one attached hydrogen (secondary N) is 1. The summed E-state index contributed by atoms with van der Waals surface area (Å²) in [6.45, 7) is 0. The molecule has 0 fully saturated rings. The van der Waals surface area contributed by atoms with E-state index < -0.39 is 12.0 Å². The van der Waals surface area contributed by atoms with Crippen molar-refractivity contribution in [1.82, 2.24) is 10.3 Å². The topological polar surface area (TPSA) is 79.3 Å². The highest BCUT2D eigenvalue weighted by atomic mass is 79.9. The Bertz CT molecular complexity index is 646. The maximum Gasteiger partial charge on any atom is 0.305 e. The number of nitrogens with zero attached hydrogens (tertiary/aromatic N) is 1. The minimum atomic E-state index is -0.977. The predicted octanol–water partition coefficient (Wildman–Crippen LogP) is 2.79. The molecule has 0 saturated heterocycles. The van der Waals surface area contributed by atoms with E-state index in [9.17, 15) is 9.59 Å². The number of benzene rings is 1. The summed E-state index contributed by atoms with van der Waals surface area (Å²) in [6, 6.07) is 9.77. The van der Waals surface area contributed by atoms with Gasteiger partial charge in [-0.2, -0.15) is 0 Å². The molecule has 5 nitrogen and oxygen atoms in total. The number of amides is 1. The Morgan fingerprint density at radius 1 is 1.24 bits per heavy atom. The number of aliphatic carboxylic acids is 1. The van der Waals surface area contributed by atoms with Crippen molar-refractivity contribution in [3.63, 3.8) is 0 Å². The average molecular weight is 349 g/mol. The second-order valence-electron chi connectivity index (χ2n) is 4.41. The minimum absolute atomic E-state index is 0.187. The monoisotopic (exact) mass is 348 g/mol. The molecule has 0 aliphatic carbocycles. The molecule has 0 bridgehead atoms. The predicted molar refractivity (Wildman–Crippen MR) is 80.8 cm³/mol. The first-order chi connectivity index (χ1) is 10.1. The van der Waals surface area contributed by atoms with Gasteiger partial charge in [-0.15, -0.1) is 0 Å². The molecule has 2 rings (SSSR count). The summed E-state index contributed by atoms with van der Waals surface area (Å²) in [5.41, 5.74) is 1.17. The lowest BCUT2D eigenvalue weighted by molar-refractivity contribution is -0.137. The summed E-state index contributed by atoms with van der Waals surface area (Å²) in [4.78, 5) is 27.0. The Balaban J connectivity index is 2.21. The van der Waals surface area contributed by atoms with E-state index in [0.29, 0.717) is 5.56 Å². The van der Waals surface area contributed by atoms with E-state index in [1.807, 2.05) is 6.07 Å². The van der Waals surface area contributed by atoms with E-state index in [1.165, 1.54) is 12.4 Å². The van der Waals surface area contributed by atoms with Crippen LogP contribution in [-0.2, 0) is 4.79 Å². The fourth-order valence-electron chi connectivity index (χ4n) is 1.90. The van der Waals surface area contributed by atoms with Crippen LogP contribution in [0.2, 0.25) is 0 Å². The van der Waals surface area contributed by atoms with Gasteiger partial charge in [-0.1, -0.05) is 28.1 Å². The van der Waals surface area contributed by atoms with Gasteiger partial charge in [0.15, 0.2) is 0 Å². The Morgan fingerprint density at radius 3 is 2.57 bits per heavy atom. The van der Waals surface area contributed by atoms with Crippen molar-refractivity contribution in [2.75, 3.05) is 0 Å². The molecule has 0 aliphatic heterocycles. The summed E-state index contributed by atoms with van der Waals surface area (Å²) in [5.74, 6) is -1.31. The van der Waals surface area contributed by atoms with Crippen LogP contribution in [0.5, 0.6) is 0 Å². The molecule has 0 radical (unpaired) electrons. The molecule has 1 heterocycles. The van der Waals surface area contributed by atoms with Crippen molar-refractivity contribution >= 4 is 27.8 Å². The van der Waals surface area contributed by atoms with E-state index in [0.717, 1.165) is 10.0 Å². The van der Waals surface area contributed by atoms with Crippen molar-refractivity contribution in [3.8, 4) is 0 Å². The summed E-state index contributed by atoms with van der Waals surface area (Å²) in [6.07, 6.45) is 2.84. The molecule has 0 aliphatic rings. The normalized spacial score (nSPS) is 11.7.